The molecule has 0 aliphatic heterocycles. The Morgan fingerprint density at radius 1 is 1.00 bits per heavy atom. The molecule has 2 atom stereocenters. The number of carbonyl (C=O) groups excluding carboxylic acids is 3. The molecule has 43 heavy (non-hydrogen) atoms. The van der Waals surface area contributed by atoms with E-state index in [4.69, 9.17) is 11.2 Å². The van der Waals surface area contributed by atoms with Gasteiger partial charge < -0.3 is 25.4 Å². The maximum Gasteiger partial charge on any atom is 0.408 e. The number of hydrogen-bond acceptors (Lipinski definition) is 5. The molecule has 0 fully saturated rings. The summed E-state index contributed by atoms with van der Waals surface area (Å²) in [6.45, 7) is 9.33. The maximum absolute atomic E-state index is 14.5. The number of terminal acetylenes is 1. The minimum atomic E-state index is -1.09. The fourth-order valence-corrected chi connectivity index (χ4v) is 4.64. The molecular formula is C35H41N3O5. The van der Waals surface area contributed by atoms with Gasteiger partial charge in [-0.25, -0.2) is 4.79 Å². The molecule has 0 aliphatic carbocycles. The molecule has 3 N–H and O–H groups in total. The minimum Gasteiger partial charge on any atom is -0.508 e. The SMILES string of the molecule is C#Cc1ccccc1C(C(=O)Nc1ccccc1C)N(CCCC)C(=O)C(Cc1ccc(O)cc1)NC(=O)OC(C)(C)C. The van der Waals surface area contributed by atoms with Crippen molar-refractivity contribution in [1.82, 2.24) is 10.2 Å². The number of nitrogens with zero attached hydrogens (tertiary/aromatic N) is 1. The average Bonchev–Trinajstić information content (AvgIpc) is 2.96. The van der Waals surface area contributed by atoms with Crippen LogP contribution in [0.1, 0.15) is 68.8 Å². The smallest absolute Gasteiger partial charge is 0.408 e. The van der Waals surface area contributed by atoms with Crippen LogP contribution in [0.25, 0.3) is 0 Å². The van der Waals surface area contributed by atoms with Crippen molar-refractivity contribution in [2.45, 2.75) is 71.6 Å². The van der Waals surface area contributed by atoms with Crippen LogP contribution in [-0.4, -0.2) is 46.1 Å². The fourth-order valence-electron chi connectivity index (χ4n) is 4.64. The lowest BCUT2D eigenvalue weighted by molar-refractivity contribution is -0.140. The summed E-state index contributed by atoms with van der Waals surface area (Å²) < 4.78 is 5.49. The summed E-state index contributed by atoms with van der Waals surface area (Å²) in [5.74, 6) is 1.84. The van der Waals surface area contributed by atoms with Gasteiger partial charge >= 0.3 is 6.09 Å². The largest absolute Gasteiger partial charge is 0.508 e. The van der Waals surface area contributed by atoms with Gasteiger partial charge in [-0.15, -0.1) is 6.42 Å². The van der Waals surface area contributed by atoms with E-state index in [0.717, 1.165) is 12.0 Å². The highest BCUT2D eigenvalue weighted by Gasteiger charge is 2.37. The van der Waals surface area contributed by atoms with Gasteiger partial charge in [0.15, 0.2) is 0 Å². The third kappa shape index (κ3) is 9.37. The number of carbonyl (C=O) groups is 3. The number of aryl methyl sites for hydroxylation is 1. The number of nitrogens with one attached hydrogen (secondary N) is 2. The monoisotopic (exact) mass is 583 g/mol. The van der Waals surface area contributed by atoms with E-state index >= 15 is 0 Å². The quantitative estimate of drug-likeness (QED) is 0.236. The minimum absolute atomic E-state index is 0.0788. The Balaban J connectivity index is 2.11. The zero-order valence-electron chi connectivity index (χ0n) is 25.5. The summed E-state index contributed by atoms with van der Waals surface area (Å²) in [4.78, 5) is 43.1. The van der Waals surface area contributed by atoms with Gasteiger partial charge in [0.1, 0.15) is 23.4 Å². The number of hydrogen-bond donors (Lipinski definition) is 3. The number of phenols is 1. The second-order valence-corrected chi connectivity index (χ2v) is 11.4. The second kappa shape index (κ2) is 14.9. The van der Waals surface area contributed by atoms with Crippen molar-refractivity contribution in [2.24, 2.45) is 0 Å². The number of unbranched alkanes of at least 4 members (excludes halogenated alkanes) is 1. The average molecular weight is 584 g/mol. The third-order valence-corrected chi connectivity index (χ3v) is 6.77. The van der Waals surface area contributed by atoms with Gasteiger partial charge in [-0.1, -0.05) is 67.8 Å². The Morgan fingerprint density at radius 3 is 2.28 bits per heavy atom. The van der Waals surface area contributed by atoms with E-state index in [1.165, 1.54) is 17.0 Å². The highest BCUT2D eigenvalue weighted by Crippen LogP contribution is 2.29. The van der Waals surface area contributed by atoms with Crippen LogP contribution in [0.3, 0.4) is 0 Å². The number of aromatic hydroxyl groups is 1. The predicted octanol–water partition coefficient (Wildman–Crippen LogP) is 6.13. The van der Waals surface area contributed by atoms with Gasteiger partial charge in [0.25, 0.3) is 5.91 Å². The molecule has 3 aromatic rings. The lowest BCUT2D eigenvalue weighted by atomic mass is 9.96. The topological polar surface area (TPSA) is 108 Å². The number of phenolic OH excluding ortho intramolecular Hbond substituents is 1. The maximum atomic E-state index is 14.5. The fraction of sp³-hybridized carbons (Fsp3) is 0.343. The summed E-state index contributed by atoms with van der Waals surface area (Å²) in [6.07, 6.45) is 6.57. The summed E-state index contributed by atoms with van der Waals surface area (Å²) in [6, 6.07) is 18.7. The van der Waals surface area contributed by atoms with E-state index in [0.29, 0.717) is 28.8 Å². The molecule has 3 amide bonds. The molecule has 0 spiro atoms. The molecule has 226 valence electrons. The number of para-hydroxylation sites is 1. The number of anilines is 1. The molecule has 2 unspecified atom stereocenters. The number of alkyl carbamates (subject to hydrolysis) is 1. The summed E-state index contributed by atoms with van der Waals surface area (Å²) in [7, 11) is 0. The van der Waals surface area contributed by atoms with Gasteiger partial charge in [-0.05, 0) is 75.1 Å². The van der Waals surface area contributed by atoms with Crippen LogP contribution in [0, 0.1) is 19.3 Å². The highest BCUT2D eigenvalue weighted by molar-refractivity contribution is 5.99. The first-order valence-electron chi connectivity index (χ1n) is 14.4. The molecule has 0 radical (unpaired) electrons. The van der Waals surface area contributed by atoms with E-state index in [1.54, 1.807) is 63.2 Å². The normalized spacial score (nSPS) is 12.4. The Morgan fingerprint density at radius 2 is 1.65 bits per heavy atom. The Kier molecular flexibility index (Phi) is 11.4. The van der Waals surface area contributed by atoms with E-state index < -0.39 is 35.6 Å². The third-order valence-electron chi connectivity index (χ3n) is 6.77. The van der Waals surface area contributed by atoms with Gasteiger partial charge in [0.2, 0.25) is 5.91 Å². The Bertz CT molecular complexity index is 1450. The zero-order chi connectivity index (χ0) is 31.6. The van der Waals surface area contributed by atoms with Crippen molar-refractivity contribution in [3.8, 4) is 18.1 Å². The number of rotatable bonds is 11. The van der Waals surface area contributed by atoms with Crippen molar-refractivity contribution in [2.75, 3.05) is 11.9 Å². The van der Waals surface area contributed by atoms with Crippen LogP contribution < -0.4 is 10.6 Å². The molecule has 3 rings (SSSR count). The summed E-state index contributed by atoms with van der Waals surface area (Å²) in [5.41, 5.74) is 2.37. The molecule has 0 aromatic heterocycles. The molecule has 3 aromatic carbocycles. The van der Waals surface area contributed by atoms with Crippen molar-refractivity contribution < 1.29 is 24.2 Å². The van der Waals surface area contributed by atoms with Crippen molar-refractivity contribution in [1.29, 1.82) is 0 Å². The number of benzene rings is 3. The number of ether oxygens (including phenoxy) is 1. The van der Waals surface area contributed by atoms with Crippen molar-refractivity contribution in [3.05, 3.63) is 95.1 Å². The zero-order valence-corrected chi connectivity index (χ0v) is 25.5. The Hall–Kier alpha value is -4.77. The first-order valence-corrected chi connectivity index (χ1v) is 14.4. The van der Waals surface area contributed by atoms with E-state index in [9.17, 15) is 19.5 Å². The van der Waals surface area contributed by atoms with Crippen LogP contribution >= 0.6 is 0 Å². The van der Waals surface area contributed by atoms with Gasteiger partial charge in [0.05, 0.1) is 0 Å². The molecule has 8 nitrogen and oxygen atoms in total. The van der Waals surface area contributed by atoms with Crippen LogP contribution in [0.4, 0.5) is 10.5 Å². The summed E-state index contributed by atoms with van der Waals surface area (Å²) in [5, 5.41) is 15.5. The van der Waals surface area contributed by atoms with Crippen LogP contribution in [0.2, 0.25) is 0 Å². The molecule has 0 bridgehead atoms. The van der Waals surface area contributed by atoms with Gasteiger partial charge in [0, 0.05) is 24.2 Å². The van der Waals surface area contributed by atoms with Crippen LogP contribution in [0.15, 0.2) is 72.8 Å². The van der Waals surface area contributed by atoms with E-state index in [-0.39, 0.29) is 18.7 Å². The van der Waals surface area contributed by atoms with Crippen molar-refractivity contribution in [3.63, 3.8) is 0 Å². The molecule has 0 heterocycles. The second-order valence-electron chi connectivity index (χ2n) is 11.4. The highest BCUT2D eigenvalue weighted by atomic mass is 16.6. The lowest BCUT2D eigenvalue weighted by Gasteiger charge is -2.35. The molecular weight excluding hydrogens is 542 g/mol. The lowest BCUT2D eigenvalue weighted by Crippen LogP contribution is -2.53. The molecule has 0 saturated heterocycles. The Labute approximate surface area is 254 Å². The van der Waals surface area contributed by atoms with Gasteiger partial charge in [-0.3, -0.25) is 9.59 Å². The number of amides is 3. The van der Waals surface area contributed by atoms with Gasteiger partial charge in [-0.2, -0.15) is 0 Å². The summed E-state index contributed by atoms with van der Waals surface area (Å²) >= 11 is 0. The van der Waals surface area contributed by atoms with E-state index in [1.807, 2.05) is 32.0 Å². The molecule has 0 saturated carbocycles. The first kappa shape index (κ1) is 32.7. The van der Waals surface area contributed by atoms with Crippen LogP contribution in [0.5, 0.6) is 5.75 Å². The standard InChI is InChI=1S/C35H41N3O5/c1-7-9-22-38(33(41)30(37-34(42)43-35(4,5)6)23-25-18-20-27(39)21-19-25)31(28-16-12-11-15-26(28)8-2)32(40)36-29-17-13-10-14-24(29)3/h2,10-21,30-31,39H,7,9,22-23H2,1,3-6H3,(H,36,40)(H,37,42). The van der Waals surface area contributed by atoms with Crippen molar-refractivity contribution >= 4 is 23.6 Å². The van der Waals surface area contributed by atoms with E-state index in [2.05, 4.69) is 16.6 Å². The van der Waals surface area contributed by atoms with Crippen LogP contribution in [-0.2, 0) is 20.7 Å². The first-order chi connectivity index (χ1) is 20.4. The molecule has 0 aliphatic rings. The molecule has 8 heteroatoms. The predicted molar refractivity (Wildman–Crippen MR) is 169 cm³/mol.